The van der Waals surface area contributed by atoms with Crippen molar-refractivity contribution in [1.29, 1.82) is 0 Å². The summed E-state index contributed by atoms with van der Waals surface area (Å²) in [5.74, 6) is -0.451. The molecule has 1 unspecified atom stereocenters. The van der Waals surface area contributed by atoms with E-state index in [0.29, 0.717) is 30.9 Å². The number of carbonyl (C=O) groups is 1. The number of nitrogens with zero attached hydrogens (tertiary/aromatic N) is 4. The fraction of sp³-hybridized carbons (Fsp3) is 0.667. The van der Waals surface area contributed by atoms with Gasteiger partial charge in [0.25, 0.3) is 0 Å². The topological polar surface area (TPSA) is 102 Å². The maximum absolute atomic E-state index is 11.5. The predicted molar refractivity (Wildman–Crippen MR) is 71.8 cm³/mol. The molecule has 0 radical (unpaired) electrons. The van der Waals surface area contributed by atoms with Gasteiger partial charge in [-0.15, -0.1) is 0 Å². The molecule has 8 heteroatoms. The molecule has 0 aliphatic carbocycles. The summed E-state index contributed by atoms with van der Waals surface area (Å²) < 4.78 is 1.46. The summed E-state index contributed by atoms with van der Waals surface area (Å²) in [7, 11) is 1.64. The van der Waals surface area contributed by atoms with E-state index < -0.39 is 16.3 Å². The van der Waals surface area contributed by atoms with E-state index in [1.165, 1.54) is 4.68 Å². The summed E-state index contributed by atoms with van der Waals surface area (Å²) in [4.78, 5) is 23.9. The van der Waals surface area contributed by atoms with Crippen LogP contribution in [-0.2, 0) is 11.8 Å². The Kier molecular flexibility index (Phi) is 3.41. The highest BCUT2D eigenvalue weighted by Gasteiger charge is 2.45. The van der Waals surface area contributed by atoms with Gasteiger partial charge in [0.15, 0.2) is 0 Å². The Morgan fingerprint density at radius 1 is 1.60 bits per heavy atom. The fourth-order valence-corrected chi connectivity index (χ4v) is 2.87. The first-order valence-corrected chi connectivity index (χ1v) is 6.48. The SMILES string of the molecule is CCC1(C(=O)O)CCN(c2c([N+](=O)[O-])c(C)nn2C)C1. The van der Waals surface area contributed by atoms with Crippen LogP contribution in [0.1, 0.15) is 25.5 Å². The first-order valence-electron chi connectivity index (χ1n) is 6.48. The second-order valence-electron chi connectivity index (χ2n) is 5.25. The lowest BCUT2D eigenvalue weighted by Crippen LogP contribution is -2.34. The Balaban J connectivity index is 2.40. The van der Waals surface area contributed by atoms with Crippen molar-refractivity contribution in [1.82, 2.24) is 9.78 Å². The minimum absolute atomic E-state index is 0.0372. The van der Waals surface area contributed by atoms with Crippen molar-refractivity contribution >= 4 is 17.5 Å². The molecule has 1 N–H and O–H groups in total. The molecule has 2 heterocycles. The third kappa shape index (κ3) is 2.00. The van der Waals surface area contributed by atoms with Crippen molar-refractivity contribution < 1.29 is 14.8 Å². The summed E-state index contributed by atoms with van der Waals surface area (Å²) >= 11 is 0. The van der Waals surface area contributed by atoms with Crippen molar-refractivity contribution in [3.8, 4) is 0 Å². The van der Waals surface area contributed by atoms with Crippen LogP contribution in [0, 0.1) is 22.5 Å². The van der Waals surface area contributed by atoms with Crippen LogP contribution in [0.15, 0.2) is 0 Å². The number of hydrogen-bond donors (Lipinski definition) is 1. The van der Waals surface area contributed by atoms with Crippen LogP contribution >= 0.6 is 0 Å². The van der Waals surface area contributed by atoms with E-state index in [1.54, 1.807) is 18.9 Å². The molecule has 1 aliphatic heterocycles. The lowest BCUT2D eigenvalue weighted by molar-refractivity contribution is -0.384. The number of carboxylic acids is 1. The summed E-state index contributed by atoms with van der Waals surface area (Å²) in [6.07, 6.45) is 0.990. The highest BCUT2D eigenvalue weighted by molar-refractivity contribution is 5.77. The number of carboxylic acid groups (broad SMARTS) is 1. The monoisotopic (exact) mass is 282 g/mol. The molecule has 0 amide bonds. The number of aryl methyl sites for hydroxylation is 2. The van der Waals surface area contributed by atoms with Gasteiger partial charge in [-0.05, 0) is 19.8 Å². The average Bonchev–Trinajstić information content (AvgIpc) is 2.90. The van der Waals surface area contributed by atoms with Gasteiger partial charge in [-0.25, -0.2) is 4.68 Å². The zero-order chi connectivity index (χ0) is 15.1. The second kappa shape index (κ2) is 4.77. The molecule has 1 fully saturated rings. The van der Waals surface area contributed by atoms with Crippen LogP contribution in [0.2, 0.25) is 0 Å². The Morgan fingerprint density at radius 2 is 2.25 bits per heavy atom. The first kappa shape index (κ1) is 14.3. The zero-order valence-electron chi connectivity index (χ0n) is 11.8. The third-order valence-corrected chi connectivity index (χ3v) is 4.13. The molecule has 1 aromatic heterocycles. The number of hydrogen-bond acceptors (Lipinski definition) is 5. The molecule has 20 heavy (non-hydrogen) atoms. The molecule has 1 aliphatic rings. The van der Waals surface area contributed by atoms with Gasteiger partial charge in [-0.1, -0.05) is 6.92 Å². The van der Waals surface area contributed by atoms with Gasteiger partial charge in [-0.3, -0.25) is 14.9 Å². The predicted octanol–water partition coefficient (Wildman–Crippen LogP) is 1.33. The molecule has 0 aromatic carbocycles. The molecule has 2 rings (SSSR count). The van der Waals surface area contributed by atoms with Gasteiger partial charge < -0.3 is 10.0 Å². The zero-order valence-corrected chi connectivity index (χ0v) is 11.8. The highest BCUT2D eigenvalue weighted by atomic mass is 16.6. The van der Waals surface area contributed by atoms with Crippen LogP contribution < -0.4 is 4.90 Å². The van der Waals surface area contributed by atoms with Gasteiger partial charge in [0.2, 0.25) is 5.82 Å². The van der Waals surface area contributed by atoms with Crippen LogP contribution in [0.3, 0.4) is 0 Å². The second-order valence-corrected chi connectivity index (χ2v) is 5.25. The standard InChI is InChI=1S/C12H18N4O4/c1-4-12(11(17)18)5-6-15(7-12)10-9(16(19)20)8(2)13-14(10)3/h4-7H2,1-3H3,(H,17,18). The first-order chi connectivity index (χ1) is 9.32. The van der Waals surface area contributed by atoms with Crippen LogP contribution in [0.5, 0.6) is 0 Å². The van der Waals surface area contributed by atoms with Crippen molar-refractivity contribution in [3.05, 3.63) is 15.8 Å². The van der Waals surface area contributed by atoms with Gasteiger partial charge in [0, 0.05) is 20.1 Å². The highest BCUT2D eigenvalue weighted by Crippen LogP contribution is 2.40. The summed E-state index contributed by atoms with van der Waals surface area (Å²) in [5.41, 5.74) is -0.520. The Bertz CT molecular complexity index is 568. The largest absolute Gasteiger partial charge is 0.481 e. The van der Waals surface area contributed by atoms with Crippen molar-refractivity contribution in [2.75, 3.05) is 18.0 Å². The number of rotatable bonds is 4. The van der Waals surface area contributed by atoms with Crippen molar-refractivity contribution in [2.24, 2.45) is 12.5 Å². The number of aromatic nitrogens is 2. The Hall–Kier alpha value is -2.12. The molecule has 0 bridgehead atoms. The van der Waals surface area contributed by atoms with E-state index >= 15 is 0 Å². The maximum atomic E-state index is 11.5. The van der Waals surface area contributed by atoms with Gasteiger partial charge >= 0.3 is 11.7 Å². The van der Waals surface area contributed by atoms with E-state index in [2.05, 4.69) is 5.10 Å². The van der Waals surface area contributed by atoms with Crippen LogP contribution in [-0.4, -0.2) is 38.9 Å². The molecule has 0 saturated carbocycles. The molecule has 8 nitrogen and oxygen atoms in total. The fourth-order valence-electron chi connectivity index (χ4n) is 2.87. The molecule has 0 spiro atoms. The molecular formula is C12H18N4O4. The number of aliphatic carboxylic acids is 1. The van der Waals surface area contributed by atoms with E-state index in [4.69, 9.17) is 0 Å². The lowest BCUT2D eigenvalue weighted by Gasteiger charge is -2.23. The molecule has 110 valence electrons. The Morgan fingerprint density at radius 3 is 2.70 bits per heavy atom. The summed E-state index contributed by atoms with van der Waals surface area (Å²) in [6, 6.07) is 0. The molecule has 1 atom stereocenters. The third-order valence-electron chi connectivity index (χ3n) is 4.13. The van der Waals surface area contributed by atoms with Gasteiger partial charge in [-0.2, -0.15) is 5.10 Å². The Labute approximate surface area is 116 Å². The number of anilines is 1. The van der Waals surface area contributed by atoms with E-state index in [0.717, 1.165) is 0 Å². The van der Waals surface area contributed by atoms with Crippen LogP contribution in [0.25, 0.3) is 0 Å². The molecular weight excluding hydrogens is 264 g/mol. The van der Waals surface area contributed by atoms with Gasteiger partial charge in [0.05, 0.1) is 10.3 Å². The minimum atomic E-state index is -0.843. The minimum Gasteiger partial charge on any atom is -0.481 e. The summed E-state index contributed by atoms with van der Waals surface area (Å²) in [5, 5.41) is 24.7. The van der Waals surface area contributed by atoms with Crippen molar-refractivity contribution in [3.63, 3.8) is 0 Å². The van der Waals surface area contributed by atoms with Crippen LogP contribution in [0.4, 0.5) is 11.5 Å². The van der Waals surface area contributed by atoms with E-state index in [9.17, 15) is 20.0 Å². The normalized spacial score (nSPS) is 22.2. The summed E-state index contributed by atoms with van der Waals surface area (Å²) in [6.45, 7) is 4.18. The van der Waals surface area contributed by atoms with E-state index in [1.807, 2.05) is 6.92 Å². The maximum Gasteiger partial charge on any atom is 0.333 e. The lowest BCUT2D eigenvalue weighted by atomic mass is 9.84. The van der Waals surface area contributed by atoms with Crippen molar-refractivity contribution in [2.45, 2.75) is 26.7 Å². The average molecular weight is 282 g/mol. The molecule has 1 aromatic rings. The van der Waals surface area contributed by atoms with E-state index in [-0.39, 0.29) is 12.2 Å². The van der Waals surface area contributed by atoms with Gasteiger partial charge in [0.1, 0.15) is 5.69 Å². The quantitative estimate of drug-likeness (QED) is 0.660. The molecule has 1 saturated heterocycles. The number of nitro groups is 1. The smallest absolute Gasteiger partial charge is 0.333 e.